The minimum absolute atomic E-state index is 0.0459. The van der Waals surface area contributed by atoms with E-state index in [9.17, 15) is 9.59 Å². The fraction of sp³-hybridized carbons (Fsp3) is 0.421. The molecule has 1 atom stereocenters. The second-order valence-electron chi connectivity index (χ2n) is 5.98. The van der Waals surface area contributed by atoms with Crippen LogP contribution in [0.25, 0.3) is 0 Å². The summed E-state index contributed by atoms with van der Waals surface area (Å²) in [5, 5.41) is 4.15. The number of para-hydroxylation sites is 1. The lowest BCUT2D eigenvalue weighted by Gasteiger charge is -2.28. The number of carbonyl (C=O) groups is 2. The number of anilines is 2. The lowest BCUT2D eigenvalue weighted by molar-refractivity contribution is -0.151. The molecular formula is C19H22Cl2N2O4S. The third kappa shape index (κ3) is 4.96. The Hall–Kier alpha value is -1.83. The molecule has 1 unspecified atom stereocenters. The van der Waals surface area contributed by atoms with Crippen LogP contribution in [-0.4, -0.2) is 30.6 Å². The number of methoxy groups -OCH3 is 1. The summed E-state index contributed by atoms with van der Waals surface area (Å²) < 4.78 is 10.4. The van der Waals surface area contributed by atoms with Gasteiger partial charge < -0.3 is 14.8 Å². The zero-order valence-electron chi connectivity index (χ0n) is 15.9. The maximum atomic E-state index is 12.9. The lowest BCUT2D eigenvalue weighted by atomic mass is 9.78. The second kappa shape index (κ2) is 10.1. The number of thiazole rings is 1. The maximum Gasteiger partial charge on any atom is 0.318 e. The SMILES string of the molecule is CCOC(=O)C(CC)(CCC(=O)OC)c1nc(Nc2ccccc2Cl)sc1Cl. The Labute approximate surface area is 178 Å². The molecule has 9 heteroatoms. The summed E-state index contributed by atoms with van der Waals surface area (Å²) in [6.07, 6.45) is 0.603. The molecule has 2 aromatic rings. The molecule has 6 nitrogen and oxygen atoms in total. The fourth-order valence-corrected chi connectivity index (χ4v) is 4.25. The van der Waals surface area contributed by atoms with Crippen LogP contribution in [0.4, 0.5) is 10.8 Å². The summed E-state index contributed by atoms with van der Waals surface area (Å²) in [6, 6.07) is 7.23. The monoisotopic (exact) mass is 444 g/mol. The standard InChI is InChI=1S/C19H22Cl2N2O4S/c1-4-19(17(25)27-5-2,11-10-14(24)26-3)15-16(21)28-18(23-15)22-13-9-7-6-8-12(13)20/h6-9H,4-5,10-11H2,1-3H3,(H,22,23). The van der Waals surface area contributed by atoms with Crippen molar-refractivity contribution in [2.45, 2.75) is 38.5 Å². The van der Waals surface area contributed by atoms with Crippen molar-refractivity contribution >= 4 is 57.3 Å². The molecule has 0 spiro atoms. The van der Waals surface area contributed by atoms with Gasteiger partial charge in [0.15, 0.2) is 5.13 Å². The number of nitrogens with zero attached hydrogens (tertiary/aromatic N) is 1. The Morgan fingerprint density at radius 2 is 1.96 bits per heavy atom. The van der Waals surface area contributed by atoms with E-state index in [1.165, 1.54) is 18.4 Å². The van der Waals surface area contributed by atoms with Gasteiger partial charge in [-0.05, 0) is 31.9 Å². The van der Waals surface area contributed by atoms with E-state index in [1.54, 1.807) is 13.0 Å². The van der Waals surface area contributed by atoms with E-state index in [0.717, 1.165) is 0 Å². The van der Waals surface area contributed by atoms with Gasteiger partial charge in [0.25, 0.3) is 0 Å². The molecule has 0 amide bonds. The van der Waals surface area contributed by atoms with Crippen LogP contribution in [0.1, 0.15) is 38.8 Å². The van der Waals surface area contributed by atoms with Crippen molar-refractivity contribution in [2.24, 2.45) is 0 Å². The number of benzene rings is 1. The number of carbonyl (C=O) groups excluding carboxylic acids is 2. The fourth-order valence-electron chi connectivity index (χ4n) is 2.82. The van der Waals surface area contributed by atoms with Crippen LogP contribution in [0, 0.1) is 0 Å². The summed E-state index contributed by atoms with van der Waals surface area (Å²) in [7, 11) is 1.31. The molecule has 1 N–H and O–H groups in total. The van der Waals surface area contributed by atoms with Crippen LogP contribution in [0.15, 0.2) is 24.3 Å². The number of esters is 2. The average Bonchev–Trinajstić information content (AvgIpc) is 3.05. The highest BCUT2D eigenvalue weighted by Crippen LogP contribution is 2.43. The molecule has 0 saturated heterocycles. The van der Waals surface area contributed by atoms with Gasteiger partial charge in [-0.15, -0.1) is 0 Å². The summed E-state index contributed by atoms with van der Waals surface area (Å²) >= 11 is 13.8. The molecule has 0 saturated carbocycles. The van der Waals surface area contributed by atoms with Gasteiger partial charge in [-0.3, -0.25) is 9.59 Å². The number of hydrogen-bond donors (Lipinski definition) is 1. The Bertz CT molecular complexity index is 843. The molecule has 152 valence electrons. The van der Waals surface area contributed by atoms with Crippen molar-refractivity contribution in [3.05, 3.63) is 39.3 Å². The molecule has 28 heavy (non-hydrogen) atoms. The third-order valence-electron chi connectivity index (χ3n) is 4.41. The van der Waals surface area contributed by atoms with Crippen molar-refractivity contribution in [2.75, 3.05) is 19.0 Å². The van der Waals surface area contributed by atoms with Crippen molar-refractivity contribution in [1.82, 2.24) is 4.98 Å². The summed E-state index contributed by atoms with van der Waals surface area (Å²) in [5.41, 5.74) is -0.0782. The molecule has 0 aliphatic carbocycles. The van der Waals surface area contributed by atoms with Crippen molar-refractivity contribution in [3.63, 3.8) is 0 Å². The third-order valence-corrected chi connectivity index (χ3v) is 5.91. The first kappa shape index (κ1) is 22.5. The quantitative estimate of drug-likeness (QED) is 0.524. The lowest BCUT2D eigenvalue weighted by Crippen LogP contribution is -2.38. The topological polar surface area (TPSA) is 77.5 Å². The van der Waals surface area contributed by atoms with E-state index in [1.807, 2.05) is 25.1 Å². The Kier molecular flexibility index (Phi) is 8.10. The highest BCUT2D eigenvalue weighted by molar-refractivity contribution is 7.19. The van der Waals surface area contributed by atoms with E-state index in [-0.39, 0.29) is 19.4 Å². The van der Waals surface area contributed by atoms with E-state index in [0.29, 0.717) is 32.3 Å². The number of ether oxygens (including phenoxy) is 2. The molecular weight excluding hydrogens is 423 g/mol. The van der Waals surface area contributed by atoms with Crippen LogP contribution >= 0.6 is 34.5 Å². The van der Waals surface area contributed by atoms with Gasteiger partial charge in [-0.1, -0.05) is 53.6 Å². The predicted octanol–water partition coefficient (Wildman–Crippen LogP) is 5.36. The van der Waals surface area contributed by atoms with Crippen LogP contribution in [-0.2, 0) is 24.5 Å². The largest absolute Gasteiger partial charge is 0.469 e. The minimum Gasteiger partial charge on any atom is -0.469 e. The zero-order chi connectivity index (χ0) is 20.7. The van der Waals surface area contributed by atoms with Gasteiger partial charge in [0, 0.05) is 6.42 Å². The molecule has 1 heterocycles. The van der Waals surface area contributed by atoms with Gasteiger partial charge in [0.05, 0.1) is 30.1 Å². The summed E-state index contributed by atoms with van der Waals surface area (Å²) in [6.45, 7) is 3.78. The van der Waals surface area contributed by atoms with Gasteiger partial charge in [-0.25, -0.2) is 4.98 Å². The van der Waals surface area contributed by atoms with Gasteiger partial charge >= 0.3 is 11.9 Å². The average molecular weight is 445 g/mol. The summed E-state index contributed by atoms with van der Waals surface area (Å²) in [5.74, 6) is -0.874. The van der Waals surface area contributed by atoms with E-state index in [4.69, 9.17) is 32.7 Å². The number of hydrogen-bond acceptors (Lipinski definition) is 7. The van der Waals surface area contributed by atoms with Crippen LogP contribution in [0.5, 0.6) is 0 Å². The first-order valence-corrected chi connectivity index (χ1v) is 10.4. The Morgan fingerprint density at radius 3 is 2.57 bits per heavy atom. The van der Waals surface area contributed by atoms with Crippen molar-refractivity contribution in [3.8, 4) is 0 Å². The molecule has 1 aromatic heterocycles. The number of aromatic nitrogens is 1. The minimum atomic E-state index is -1.14. The molecule has 0 aliphatic rings. The van der Waals surface area contributed by atoms with Gasteiger partial charge in [-0.2, -0.15) is 0 Å². The van der Waals surface area contributed by atoms with Crippen molar-refractivity contribution < 1.29 is 19.1 Å². The molecule has 1 aromatic carbocycles. The van der Waals surface area contributed by atoms with E-state index < -0.39 is 17.4 Å². The Balaban J connectivity index is 2.41. The van der Waals surface area contributed by atoms with Crippen molar-refractivity contribution in [1.29, 1.82) is 0 Å². The summed E-state index contributed by atoms with van der Waals surface area (Å²) in [4.78, 5) is 29.1. The van der Waals surface area contributed by atoms with Crippen LogP contribution in [0.3, 0.4) is 0 Å². The zero-order valence-corrected chi connectivity index (χ0v) is 18.2. The number of halogens is 2. The van der Waals surface area contributed by atoms with Gasteiger partial charge in [0.1, 0.15) is 9.75 Å². The van der Waals surface area contributed by atoms with E-state index >= 15 is 0 Å². The first-order valence-electron chi connectivity index (χ1n) is 8.80. The molecule has 0 radical (unpaired) electrons. The number of nitrogens with one attached hydrogen (secondary N) is 1. The molecule has 2 rings (SSSR count). The van der Waals surface area contributed by atoms with E-state index in [2.05, 4.69) is 10.3 Å². The number of rotatable bonds is 9. The first-order chi connectivity index (χ1) is 13.4. The maximum absolute atomic E-state index is 12.9. The molecule has 0 fully saturated rings. The smallest absolute Gasteiger partial charge is 0.318 e. The molecule has 0 bridgehead atoms. The van der Waals surface area contributed by atoms with Crippen LogP contribution in [0.2, 0.25) is 9.36 Å². The Morgan fingerprint density at radius 1 is 1.25 bits per heavy atom. The predicted molar refractivity (Wildman–Crippen MR) is 112 cm³/mol. The normalized spacial score (nSPS) is 12.9. The van der Waals surface area contributed by atoms with Crippen LogP contribution < -0.4 is 5.32 Å². The highest BCUT2D eigenvalue weighted by atomic mass is 35.5. The highest BCUT2D eigenvalue weighted by Gasteiger charge is 2.44. The van der Waals surface area contributed by atoms with Gasteiger partial charge in [0.2, 0.25) is 0 Å². The molecule has 0 aliphatic heterocycles. The second-order valence-corrected chi connectivity index (χ2v) is 7.99.